The summed E-state index contributed by atoms with van der Waals surface area (Å²) in [6.45, 7) is 0.600. The highest BCUT2D eigenvalue weighted by molar-refractivity contribution is 5.80. The van der Waals surface area contributed by atoms with E-state index in [0.29, 0.717) is 13.0 Å². The van der Waals surface area contributed by atoms with Crippen LogP contribution in [0.25, 0.3) is 0 Å². The Balaban J connectivity index is 1.77. The average Bonchev–Trinajstić information content (AvgIpc) is 2.98. The van der Waals surface area contributed by atoms with Crippen molar-refractivity contribution in [3.63, 3.8) is 0 Å². The Kier molecular flexibility index (Phi) is 5.77. The number of halogens is 6. The van der Waals surface area contributed by atoms with Gasteiger partial charge in [0.2, 0.25) is 0 Å². The van der Waals surface area contributed by atoms with Crippen LogP contribution in [0.15, 0.2) is 53.5 Å². The van der Waals surface area contributed by atoms with Gasteiger partial charge in [0.05, 0.1) is 23.7 Å². The molecule has 0 radical (unpaired) electrons. The lowest BCUT2D eigenvalue weighted by atomic mass is 10.0. The van der Waals surface area contributed by atoms with Crippen molar-refractivity contribution < 1.29 is 26.3 Å². The molecule has 0 bridgehead atoms. The quantitative estimate of drug-likeness (QED) is 0.731. The van der Waals surface area contributed by atoms with Crippen LogP contribution >= 0.6 is 0 Å². The highest BCUT2D eigenvalue weighted by Crippen LogP contribution is 2.36. The summed E-state index contributed by atoms with van der Waals surface area (Å²) in [7, 11) is 0. The highest BCUT2D eigenvalue weighted by Gasteiger charge is 2.37. The van der Waals surface area contributed by atoms with Crippen LogP contribution < -0.4 is 5.73 Å². The second-order valence-electron chi connectivity index (χ2n) is 6.90. The van der Waals surface area contributed by atoms with Crippen LogP contribution in [0.2, 0.25) is 0 Å². The summed E-state index contributed by atoms with van der Waals surface area (Å²) in [5, 5.41) is 0. The number of hydrogen-bond acceptors (Lipinski definition) is 3. The van der Waals surface area contributed by atoms with Crippen LogP contribution in [0.4, 0.5) is 26.3 Å². The van der Waals surface area contributed by atoms with Gasteiger partial charge in [-0.2, -0.15) is 26.3 Å². The second-order valence-corrected chi connectivity index (χ2v) is 6.90. The standard InChI is InChI=1S/C20H19F6N3/c21-19(22,23)15-8-14(9-16(11-15)20(24,25)26)6-7-29-17(12-28-18(29)27)10-13-4-2-1-3-5-13/h1-5,8-9,11,17H,6-7,10,12H2,(H2,27,28)/t17-/m0/s1. The van der Waals surface area contributed by atoms with E-state index in [0.717, 1.165) is 17.7 Å². The van der Waals surface area contributed by atoms with Gasteiger partial charge in [-0.1, -0.05) is 30.3 Å². The largest absolute Gasteiger partial charge is 0.416 e. The fourth-order valence-electron chi connectivity index (χ4n) is 3.35. The van der Waals surface area contributed by atoms with E-state index >= 15 is 0 Å². The van der Waals surface area contributed by atoms with Gasteiger partial charge < -0.3 is 10.6 Å². The minimum absolute atomic E-state index is 0.0193. The zero-order valence-corrected chi connectivity index (χ0v) is 15.3. The molecule has 0 saturated heterocycles. The van der Waals surface area contributed by atoms with Crippen LogP contribution in [0.1, 0.15) is 22.3 Å². The third-order valence-corrected chi connectivity index (χ3v) is 4.80. The number of benzene rings is 2. The number of alkyl halides is 6. The molecule has 0 saturated carbocycles. The first-order chi connectivity index (χ1) is 13.5. The molecule has 3 nitrogen and oxygen atoms in total. The monoisotopic (exact) mass is 415 g/mol. The molecule has 0 aromatic heterocycles. The fraction of sp³-hybridized carbons (Fsp3) is 0.350. The van der Waals surface area contributed by atoms with Crippen molar-refractivity contribution in [1.29, 1.82) is 0 Å². The van der Waals surface area contributed by atoms with Crippen molar-refractivity contribution in [1.82, 2.24) is 4.90 Å². The normalized spacial score (nSPS) is 17.5. The molecule has 1 heterocycles. The summed E-state index contributed by atoms with van der Waals surface area (Å²) in [5.74, 6) is 0.244. The lowest BCUT2D eigenvalue weighted by Crippen LogP contribution is -2.43. The van der Waals surface area contributed by atoms with Crippen molar-refractivity contribution in [2.75, 3.05) is 13.1 Å². The third kappa shape index (κ3) is 5.21. The first-order valence-electron chi connectivity index (χ1n) is 8.93. The predicted octanol–water partition coefficient (Wildman–Crippen LogP) is 4.51. The Morgan fingerprint density at radius 1 is 0.897 bits per heavy atom. The summed E-state index contributed by atoms with van der Waals surface area (Å²) in [6, 6.07) is 11.1. The number of nitrogens with zero attached hydrogens (tertiary/aromatic N) is 2. The molecule has 2 aromatic rings. The maximum Gasteiger partial charge on any atom is 0.416 e. The van der Waals surface area contributed by atoms with E-state index in [9.17, 15) is 26.3 Å². The Bertz CT molecular complexity index is 842. The van der Waals surface area contributed by atoms with Crippen molar-refractivity contribution >= 4 is 5.96 Å². The molecule has 2 aromatic carbocycles. The molecular formula is C20H19F6N3. The molecule has 0 unspecified atom stereocenters. The smallest absolute Gasteiger partial charge is 0.370 e. The van der Waals surface area contributed by atoms with Crippen molar-refractivity contribution in [2.45, 2.75) is 31.2 Å². The summed E-state index contributed by atoms with van der Waals surface area (Å²) >= 11 is 0. The summed E-state index contributed by atoms with van der Waals surface area (Å²) in [6.07, 6.45) is -9.12. The Labute approximate surface area is 163 Å². The predicted molar refractivity (Wildman–Crippen MR) is 97.3 cm³/mol. The molecule has 0 fully saturated rings. The van der Waals surface area contributed by atoms with Gasteiger partial charge in [0.1, 0.15) is 0 Å². The molecule has 1 aliphatic rings. The van der Waals surface area contributed by atoms with Gasteiger partial charge in [-0.25, -0.2) is 0 Å². The first-order valence-corrected chi connectivity index (χ1v) is 8.93. The van der Waals surface area contributed by atoms with Gasteiger partial charge in [-0.3, -0.25) is 4.99 Å². The topological polar surface area (TPSA) is 41.6 Å². The van der Waals surface area contributed by atoms with Crippen LogP contribution in [-0.4, -0.2) is 30.0 Å². The van der Waals surface area contributed by atoms with Crippen molar-refractivity contribution in [2.24, 2.45) is 10.7 Å². The van der Waals surface area contributed by atoms with Crippen LogP contribution in [0, 0.1) is 0 Å². The van der Waals surface area contributed by atoms with E-state index in [1.165, 1.54) is 0 Å². The second kappa shape index (κ2) is 7.96. The van der Waals surface area contributed by atoms with Crippen molar-refractivity contribution in [3.05, 3.63) is 70.8 Å². The lowest BCUT2D eigenvalue weighted by Gasteiger charge is -2.26. The number of nitrogens with two attached hydrogens (primary N) is 1. The molecule has 2 N–H and O–H groups in total. The molecule has 0 aliphatic carbocycles. The Morgan fingerprint density at radius 3 is 2.03 bits per heavy atom. The van der Waals surface area contributed by atoms with Crippen LogP contribution in [-0.2, 0) is 25.2 Å². The average molecular weight is 415 g/mol. The van der Waals surface area contributed by atoms with E-state index in [1.807, 2.05) is 30.3 Å². The minimum atomic E-state index is -4.86. The molecule has 3 rings (SSSR count). The number of aliphatic imine (C=N–C) groups is 1. The summed E-state index contributed by atoms with van der Waals surface area (Å²) in [4.78, 5) is 5.92. The molecule has 1 aliphatic heterocycles. The number of rotatable bonds is 5. The zero-order valence-electron chi connectivity index (χ0n) is 15.3. The SMILES string of the molecule is NC1=NC[C@H](Cc2ccccc2)N1CCc1cc(C(F)(F)F)cc(C(F)(F)F)c1. The summed E-state index contributed by atoms with van der Waals surface area (Å²) in [5.41, 5.74) is 4.27. The molecule has 29 heavy (non-hydrogen) atoms. The van der Waals surface area contributed by atoms with Crippen LogP contribution in [0.5, 0.6) is 0 Å². The van der Waals surface area contributed by atoms with E-state index < -0.39 is 23.5 Å². The molecular weight excluding hydrogens is 396 g/mol. The Hall–Kier alpha value is -2.71. The van der Waals surface area contributed by atoms with E-state index in [-0.39, 0.29) is 36.6 Å². The lowest BCUT2D eigenvalue weighted by molar-refractivity contribution is -0.143. The first kappa shape index (κ1) is 21.0. The highest BCUT2D eigenvalue weighted by atomic mass is 19.4. The third-order valence-electron chi connectivity index (χ3n) is 4.80. The van der Waals surface area contributed by atoms with E-state index in [2.05, 4.69) is 4.99 Å². The maximum absolute atomic E-state index is 13.0. The van der Waals surface area contributed by atoms with Gasteiger partial charge in [0.15, 0.2) is 5.96 Å². The van der Waals surface area contributed by atoms with Gasteiger partial charge in [0, 0.05) is 6.54 Å². The number of hydrogen-bond donors (Lipinski definition) is 1. The minimum Gasteiger partial charge on any atom is -0.370 e. The molecule has 9 heteroatoms. The fourth-order valence-corrected chi connectivity index (χ4v) is 3.35. The zero-order chi connectivity index (χ0) is 21.2. The Morgan fingerprint density at radius 2 is 1.48 bits per heavy atom. The van der Waals surface area contributed by atoms with Crippen molar-refractivity contribution in [3.8, 4) is 0 Å². The van der Waals surface area contributed by atoms with Gasteiger partial charge in [-0.05, 0) is 42.2 Å². The van der Waals surface area contributed by atoms with E-state index in [4.69, 9.17) is 5.73 Å². The molecule has 156 valence electrons. The molecule has 1 atom stereocenters. The molecule has 0 amide bonds. The van der Waals surface area contributed by atoms with Gasteiger partial charge in [0.25, 0.3) is 0 Å². The van der Waals surface area contributed by atoms with Gasteiger partial charge >= 0.3 is 12.4 Å². The number of guanidine groups is 1. The van der Waals surface area contributed by atoms with Gasteiger partial charge in [-0.15, -0.1) is 0 Å². The molecule has 0 spiro atoms. The summed E-state index contributed by atoms with van der Waals surface area (Å²) < 4.78 is 78.2. The maximum atomic E-state index is 13.0. The van der Waals surface area contributed by atoms with Crippen LogP contribution in [0.3, 0.4) is 0 Å². The van der Waals surface area contributed by atoms with E-state index in [1.54, 1.807) is 4.90 Å².